The molecule has 1 aliphatic rings. The highest BCUT2D eigenvalue weighted by atomic mass is 35.5. The first-order chi connectivity index (χ1) is 9.19. The molecule has 0 amide bonds. The van der Waals surface area contributed by atoms with E-state index in [9.17, 15) is 0 Å². The maximum Gasteiger partial charge on any atom is 0.0406 e. The molecule has 0 radical (unpaired) electrons. The Labute approximate surface area is 122 Å². The molecule has 1 saturated carbocycles. The van der Waals surface area contributed by atoms with Gasteiger partial charge < -0.3 is 5.32 Å². The van der Waals surface area contributed by atoms with E-state index in [1.807, 2.05) is 12.1 Å². The molecule has 1 aliphatic carbocycles. The lowest BCUT2D eigenvalue weighted by atomic mass is 9.83. The van der Waals surface area contributed by atoms with Crippen molar-refractivity contribution in [2.24, 2.45) is 11.8 Å². The third-order valence-corrected chi connectivity index (χ3v) is 4.72. The van der Waals surface area contributed by atoms with Gasteiger partial charge in [0, 0.05) is 11.1 Å². The van der Waals surface area contributed by atoms with Gasteiger partial charge in [0.2, 0.25) is 0 Å². The van der Waals surface area contributed by atoms with E-state index in [-0.39, 0.29) is 0 Å². The minimum absolute atomic E-state index is 0.469. The van der Waals surface area contributed by atoms with Gasteiger partial charge >= 0.3 is 0 Å². The van der Waals surface area contributed by atoms with Crippen LogP contribution in [0.3, 0.4) is 0 Å². The van der Waals surface area contributed by atoms with Crippen LogP contribution in [0.25, 0.3) is 0 Å². The highest BCUT2D eigenvalue weighted by molar-refractivity contribution is 6.30. The molecule has 106 valence electrons. The van der Waals surface area contributed by atoms with Crippen molar-refractivity contribution in [2.75, 3.05) is 6.54 Å². The number of hydrogen-bond acceptors (Lipinski definition) is 1. The van der Waals surface area contributed by atoms with Gasteiger partial charge in [-0.1, -0.05) is 50.4 Å². The van der Waals surface area contributed by atoms with Crippen LogP contribution in [0.5, 0.6) is 0 Å². The zero-order valence-electron chi connectivity index (χ0n) is 12.2. The van der Waals surface area contributed by atoms with Gasteiger partial charge in [-0.3, -0.25) is 0 Å². The molecule has 2 heteroatoms. The van der Waals surface area contributed by atoms with Crippen LogP contribution in [0.1, 0.15) is 57.6 Å². The molecule has 0 bridgehead atoms. The zero-order chi connectivity index (χ0) is 13.7. The van der Waals surface area contributed by atoms with Crippen molar-refractivity contribution in [3.05, 3.63) is 34.9 Å². The van der Waals surface area contributed by atoms with Crippen LogP contribution in [0.15, 0.2) is 24.3 Å². The van der Waals surface area contributed by atoms with E-state index in [1.54, 1.807) is 0 Å². The van der Waals surface area contributed by atoms with Gasteiger partial charge in [-0.25, -0.2) is 0 Å². The van der Waals surface area contributed by atoms with Gasteiger partial charge in [0.05, 0.1) is 0 Å². The molecule has 0 aliphatic heterocycles. The maximum atomic E-state index is 5.95. The second kappa shape index (κ2) is 7.31. The standard InChI is InChI=1S/C17H26ClN/c1-3-17(15-8-10-16(18)11-9-15)19-12-14-6-4-13(2)5-7-14/h8-11,13-14,17,19H,3-7,12H2,1-2H3. The second-order valence-corrected chi connectivity index (χ2v) is 6.48. The topological polar surface area (TPSA) is 12.0 Å². The summed E-state index contributed by atoms with van der Waals surface area (Å²) in [4.78, 5) is 0. The molecule has 0 heterocycles. The summed E-state index contributed by atoms with van der Waals surface area (Å²) >= 11 is 5.95. The molecule has 1 N–H and O–H groups in total. The molecule has 1 atom stereocenters. The number of benzene rings is 1. The summed E-state index contributed by atoms with van der Waals surface area (Å²) in [5.74, 6) is 1.81. The van der Waals surface area contributed by atoms with Crippen LogP contribution in [0.4, 0.5) is 0 Å². The Morgan fingerprint density at radius 3 is 2.37 bits per heavy atom. The Kier molecular flexibility index (Phi) is 5.72. The number of nitrogens with one attached hydrogen (secondary N) is 1. The molecule has 1 nitrogen and oxygen atoms in total. The fraction of sp³-hybridized carbons (Fsp3) is 0.647. The minimum Gasteiger partial charge on any atom is -0.310 e. The van der Waals surface area contributed by atoms with Gasteiger partial charge in [0.15, 0.2) is 0 Å². The monoisotopic (exact) mass is 279 g/mol. The Hall–Kier alpha value is -0.530. The molecule has 1 aromatic rings. The van der Waals surface area contributed by atoms with Crippen LogP contribution in [0, 0.1) is 11.8 Å². The van der Waals surface area contributed by atoms with E-state index in [4.69, 9.17) is 11.6 Å². The van der Waals surface area contributed by atoms with Gasteiger partial charge in [0.1, 0.15) is 0 Å². The van der Waals surface area contributed by atoms with Crippen molar-refractivity contribution >= 4 is 11.6 Å². The molecular weight excluding hydrogens is 254 g/mol. The fourth-order valence-corrected chi connectivity index (χ4v) is 3.16. The fourth-order valence-electron chi connectivity index (χ4n) is 3.04. The minimum atomic E-state index is 0.469. The average Bonchev–Trinajstić information content (AvgIpc) is 2.43. The summed E-state index contributed by atoms with van der Waals surface area (Å²) in [7, 11) is 0. The first-order valence-corrected chi connectivity index (χ1v) is 8.05. The molecular formula is C17H26ClN. The average molecular weight is 280 g/mol. The summed E-state index contributed by atoms with van der Waals surface area (Å²) < 4.78 is 0. The third kappa shape index (κ3) is 4.50. The molecule has 1 aromatic carbocycles. The lowest BCUT2D eigenvalue weighted by Crippen LogP contribution is -2.29. The van der Waals surface area contributed by atoms with Crippen molar-refractivity contribution in [1.29, 1.82) is 0 Å². The van der Waals surface area contributed by atoms with Gasteiger partial charge in [-0.2, -0.15) is 0 Å². The lowest BCUT2D eigenvalue weighted by molar-refractivity contribution is 0.273. The van der Waals surface area contributed by atoms with Gasteiger partial charge in [-0.05, 0) is 55.3 Å². The van der Waals surface area contributed by atoms with Crippen LogP contribution in [-0.4, -0.2) is 6.54 Å². The van der Waals surface area contributed by atoms with E-state index in [1.165, 1.54) is 31.2 Å². The van der Waals surface area contributed by atoms with E-state index >= 15 is 0 Å². The second-order valence-electron chi connectivity index (χ2n) is 6.05. The summed E-state index contributed by atoms with van der Waals surface area (Å²) in [6.45, 7) is 5.79. The predicted molar refractivity (Wildman–Crippen MR) is 83.6 cm³/mol. The van der Waals surface area contributed by atoms with E-state index < -0.39 is 0 Å². The normalized spacial score (nSPS) is 25.2. The van der Waals surface area contributed by atoms with Crippen molar-refractivity contribution in [1.82, 2.24) is 5.32 Å². The van der Waals surface area contributed by atoms with Crippen molar-refractivity contribution in [2.45, 2.75) is 52.0 Å². The molecule has 0 spiro atoms. The lowest BCUT2D eigenvalue weighted by Gasteiger charge is -2.28. The molecule has 0 aromatic heterocycles. The van der Waals surface area contributed by atoms with Gasteiger partial charge in [0.25, 0.3) is 0 Å². The van der Waals surface area contributed by atoms with E-state index in [0.717, 1.165) is 29.8 Å². The van der Waals surface area contributed by atoms with Crippen LogP contribution in [-0.2, 0) is 0 Å². The third-order valence-electron chi connectivity index (χ3n) is 4.47. The van der Waals surface area contributed by atoms with Crippen LogP contribution >= 0.6 is 11.6 Å². The summed E-state index contributed by atoms with van der Waals surface area (Å²) in [5.41, 5.74) is 1.36. The quantitative estimate of drug-likeness (QED) is 0.780. The molecule has 0 saturated heterocycles. The number of hydrogen-bond donors (Lipinski definition) is 1. The smallest absolute Gasteiger partial charge is 0.0406 e. The Morgan fingerprint density at radius 2 is 1.79 bits per heavy atom. The van der Waals surface area contributed by atoms with Crippen LogP contribution in [0.2, 0.25) is 5.02 Å². The van der Waals surface area contributed by atoms with Crippen LogP contribution < -0.4 is 5.32 Å². The largest absolute Gasteiger partial charge is 0.310 e. The van der Waals surface area contributed by atoms with Crippen molar-refractivity contribution in [3.8, 4) is 0 Å². The predicted octanol–water partition coefficient (Wildman–Crippen LogP) is 5.21. The van der Waals surface area contributed by atoms with Gasteiger partial charge in [-0.15, -0.1) is 0 Å². The summed E-state index contributed by atoms with van der Waals surface area (Å²) in [5, 5.41) is 4.57. The first-order valence-electron chi connectivity index (χ1n) is 7.68. The highest BCUT2D eigenvalue weighted by Crippen LogP contribution is 2.28. The number of halogens is 1. The van der Waals surface area contributed by atoms with Crippen molar-refractivity contribution < 1.29 is 0 Å². The molecule has 1 fully saturated rings. The summed E-state index contributed by atoms with van der Waals surface area (Å²) in [6.07, 6.45) is 6.73. The van der Waals surface area contributed by atoms with Crippen molar-refractivity contribution in [3.63, 3.8) is 0 Å². The molecule has 2 rings (SSSR count). The molecule has 1 unspecified atom stereocenters. The highest BCUT2D eigenvalue weighted by Gasteiger charge is 2.19. The molecule has 19 heavy (non-hydrogen) atoms. The maximum absolute atomic E-state index is 5.95. The van der Waals surface area contributed by atoms with E-state index in [2.05, 4.69) is 31.3 Å². The first kappa shape index (κ1) is 14.9. The van der Waals surface area contributed by atoms with E-state index in [0.29, 0.717) is 6.04 Å². The Morgan fingerprint density at radius 1 is 1.16 bits per heavy atom. The Bertz CT molecular complexity index is 365. The summed E-state index contributed by atoms with van der Waals surface area (Å²) in [6, 6.07) is 8.74. The zero-order valence-corrected chi connectivity index (χ0v) is 12.9. The Balaban J connectivity index is 1.84. The SMILES string of the molecule is CCC(NCC1CCC(C)CC1)c1ccc(Cl)cc1. The number of rotatable bonds is 5.